The number of anilines is 1. The van der Waals surface area contributed by atoms with Crippen LogP contribution in [-0.4, -0.2) is 20.1 Å². The van der Waals surface area contributed by atoms with Crippen molar-refractivity contribution < 1.29 is 8.94 Å². The fourth-order valence-electron chi connectivity index (χ4n) is 2.87. The molecule has 1 atom stereocenters. The quantitative estimate of drug-likeness (QED) is 0.556. The first-order valence-electron chi connectivity index (χ1n) is 8.63. The molecular weight excluding hydrogens is 342 g/mol. The second kappa shape index (κ2) is 7.03. The molecule has 0 radical (unpaired) electrons. The van der Waals surface area contributed by atoms with E-state index in [4.69, 9.17) is 13.9 Å². The van der Waals surface area contributed by atoms with Crippen LogP contribution in [0.4, 0.5) is 5.95 Å². The standard InChI is InChI=1S/C20H19N5O2/c1-12-9-18(27-25-12)17-11-22-20(23-13(2)15-5-4-7-21-10-15)24-19(17)16-6-8-26-14(16)3/h4-11,13H,1-3H3,(H,22,23,24). The minimum atomic E-state index is 0.00960. The zero-order valence-electron chi connectivity index (χ0n) is 15.3. The van der Waals surface area contributed by atoms with Gasteiger partial charge >= 0.3 is 0 Å². The molecule has 0 bridgehead atoms. The van der Waals surface area contributed by atoms with Crippen LogP contribution in [0.3, 0.4) is 0 Å². The first-order chi connectivity index (χ1) is 13.1. The van der Waals surface area contributed by atoms with Crippen molar-refractivity contribution in [3.8, 4) is 22.6 Å². The van der Waals surface area contributed by atoms with E-state index in [0.717, 1.165) is 33.8 Å². The summed E-state index contributed by atoms with van der Waals surface area (Å²) < 4.78 is 10.9. The Balaban J connectivity index is 1.74. The monoisotopic (exact) mass is 361 g/mol. The molecule has 0 fully saturated rings. The van der Waals surface area contributed by atoms with E-state index in [-0.39, 0.29) is 6.04 Å². The summed E-state index contributed by atoms with van der Waals surface area (Å²) in [7, 11) is 0. The Bertz CT molecular complexity index is 1060. The van der Waals surface area contributed by atoms with Gasteiger partial charge in [0.25, 0.3) is 0 Å². The predicted octanol–water partition coefficient (Wildman–Crippen LogP) is 4.58. The summed E-state index contributed by atoms with van der Waals surface area (Å²) in [6.07, 6.45) is 6.96. The van der Waals surface area contributed by atoms with Gasteiger partial charge < -0.3 is 14.3 Å². The van der Waals surface area contributed by atoms with Crippen LogP contribution in [0.15, 0.2) is 58.1 Å². The van der Waals surface area contributed by atoms with Gasteiger partial charge in [0.15, 0.2) is 5.76 Å². The number of hydrogen-bond donors (Lipinski definition) is 1. The summed E-state index contributed by atoms with van der Waals surface area (Å²) in [5.74, 6) is 1.91. The molecule has 0 amide bonds. The van der Waals surface area contributed by atoms with E-state index in [0.29, 0.717) is 11.7 Å². The molecule has 4 heterocycles. The van der Waals surface area contributed by atoms with Gasteiger partial charge in [-0.3, -0.25) is 4.98 Å². The first kappa shape index (κ1) is 17.0. The second-order valence-corrected chi connectivity index (χ2v) is 6.33. The Morgan fingerprint density at radius 1 is 1.11 bits per heavy atom. The van der Waals surface area contributed by atoms with Crippen LogP contribution in [-0.2, 0) is 0 Å². The number of nitrogens with one attached hydrogen (secondary N) is 1. The zero-order valence-corrected chi connectivity index (χ0v) is 15.3. The fourth-order valence-corrected chi connectivity index (χ4v) is 2.87. The maximum atomic E-state index is 5.47. The van der Waals surface area contributed by atoms with Crippen LogP contribution in [0.5, 0.6) is 0 Å². The van der Waals surface area contributed by atoms with Gasteiger partial charge in [0, 0.05) is 30.2 Å². The van der Waals surface area contributed by atoms with E-state index in [9.17, 15) is 0 Å². The molecule has 0 aromatic carbocycles. The van der Waals surface area contributed by atoms with Gasteiger partial charge in [-0.05, 0) is 38.5 Å². The summed E-state index contributed by atoms with van der Waals surface area (Å²) in [6, 6.07) is 7.68. The van der Waals surface area contributed by atoms with Crippen molar-refractivity contribution in [3.63, 3.8) is 0 Å². The van der Waals surface area contributed by atoms with E-state index < -0.39 is 0 Å². The number of pyridine rings is 1. The molecule has 1 N–H and O–H groups in total. The minimum Gasteiger partial charge on any atom is -0.469 e. The largest absolute Gasteiger partial charge is 0.469 e. The van der Waals surface area contributed by atoms with Crippen molar-refractivity contribution in [2.45, 2.75) is 26.8 Å². The molecule has 0 spiro atoms. The lowest BCUT2D eigenvalue weighted by molar-refractivity contribution is 0.427. The summed E-state index contributed by atoms with van der Waals surface area (Å²) in [5.41, 5.74) is 4.23. The van der Waals surface area contributed by atoms with Crippen LogP contribution >= 0.6 is 0 Å². The molecule has 4 aromatic rings. The maximum absolute atomic E-state index is 5.47. The third kappa shape index (κ3) is 3.44. The van der Waals surface area contributed by atoms with E-state index >= 15 is 0 Å². The number of nitrogens with zero attached hydrogens (tertiary/aromatic N) is 4. The Hall–Kier alpha value is -3.48. The Morgan fingerprint density at radius 2 is 2.00 bits per heavy atom. The summed E-state index contributed by atoms with van der Waals surface area (Å²) in [5, 5.41) is 7.30. The molecule has 27 heavy (non-hydrogen) atoms. The van der Waals surface area contributed by atoms with E-state index in [1.165, 1.54) is 0 Å². The Kier molecular flexibility index (Phi) is 4.42. The number of aromatic nitrogens is 4. The molecule has 0 aliphatic carbocycles. The minimum absolute atomic E-state index is 0.00960. The van der Waals surface area contributed by atoms with Gasteiger partial charge in [-0.15, -0.1) is 0 Å². The predicted molar refractivity (Wildman–Crippen MR) is 101 cm³/mol. The molecule has 7 nitrogen and oxygen atoms in total. The molecule has 0 aliphatic heterocycles. The lowest BCUT2D eigenvalue weighted by atomic mass is 10.1. The molecule has 0 saturated carbocycles. The average Bonchev–Trinajstić information content (AvgIpc) is 3.30. The van der Waals surface area contributed by atoms with Gasteiger partial charge in [-0.25, -0.2) is 9.97 Å². The summed E-state index contributed by atoms with van der Waals surface area (Å²) in [4.78, 5) is 13.4. The van der Waals surface area contributed by atoms with Crippen LogP contribution in [0.2, 0.25) is 0 Å². The number of hydrogen-bond acceptors (Lipinski definition) is 7. The van der Waals surface area contributed by atoms with Crippen molar-refractivity contribution in [2.75, 3.05) is 5.32 Å². The SMILES string of the molecule is Cc1cc(-c2cnc(NC(C)c3cccnc3)nc2-c2ccoc2C)on1. The zero-order chi connectivity index (χ0) is 18.8. The average molecular weight is 361 g/mol. The molecule has 1 unspecified atom stereocenters. The van der Waals surface area contributed by atoms with Gasteiger partial charge in [-0.2, -0.15) is 0 Å². The van der Waals surface area contributed by atoms with Crippen molar-refractivity contribution in [3.05, 3.63) is 66.1 Å². The van der Waals surface area contributed by atoms with Gasteiger partial charge in [0.1, 0.15) is 5.76 Å². The normalized spacial score (nSPS) is 12.1. The highest BCUT2D eigenvalue weighted by atomic mass is 16.5. The molecule has 0 saturated heterocycles. The third-order valence-corrected chi connectivity index (χ3v) is 4.33. The third-order valence-electron chi connectivity index (χ3n) is 4.33. The lowest BCUT2D eigenvalue weighted by Gasteiger charge is -2.15. The van der Waals surface area contributed by atoms with Crippen molar-refractivity contribution in [1.82, 2.24) is 20.1 Å². The summed E-state index contributed by atoms with van der Waals surface area (Å²) >= 11 is 0. The van der Waals surface area contributed by atoms with Crippen molar-refractivity contribution in [1.29, 1.82) is 0 Å². The van der Waals surface area contributed by atoms with E-state index in [1.54, 1.807) is 18.7 Å². The number of aryl methyl sites for hydroxylation is 2. The fraction of sp³-hybridized carbons (Fsp3) is 0.200. The second-order valence-electron chi connectivity index (χ2n) is 6.33. The first-order valence-corrected chi connectivity index (χ1v) is 8.63. The maximum Gasteiger partial charge on any atom is 0.223 e. The topological polar surface area (TPSA) is 89.9 Å². The van der Waals surface area contributed by atoms with Crippen molar-refractivity contribution in [2.24, 2.45) is 0 Å². The van der Waals surface area contributed by atoms with Gasteiger partial charge in [0.05, 0.1) is 29.3 Å². The number of furan rings is 1. The summed E-state index contributed by atoms with van der Waals surface area (Å²) in [6.45, 7) is 5.82. The molecule has 4 aromatic heterocycles. The molecule has 4 rings (SSSR count). The molecular formula is C20H19N5O2. The van der Waals surface area contributed by atoms with Crippen LogP contribution in [0.1, 0.15) is 30.0 Å². The van der Waals surface area contributed by atoms with Gasteiger partial charge in [-0.1, -0.05) is 11.2 Å². The highest BCUT2D eigenvalue weighted by molar-refractivity contribution is 5.79. The lowest BCUT2D eigenvalue weighted by Crippen LogP contribution is -2.10. The van der Waals surface area contributed by atoms with Crippen LogP contribution in [0.25, 0.3) is 22.6 Å². The van der Waals surface area contributed by atoms with E-state index in [1.807, 2.05) is 51.2 Å². The Morgan fingerprint density at radius 3 is 2.67 bits per heavy atom. The van der Waals surface area contributed by atoms with Crippen molar-refractivity contribution >= 4 is 5.95 Å². The highest BCUT2D eigenvalue weighted by Gasteiger charge is 2.19. The van der Waals surface area contributed by atoms with Crippen LogP contribution in [0, 0.1) is 13.8 Å². The number of rotatable bonds is 5. The highest BCUT2D eigenvalue weighted by Crippen LogP contribution is 2.33. The molecule has 7 heteroatoms. The Labute approximate surface area is 156 Å². The van der Waals surface area contributed by atoms with E-state index in [2.05, 4.69) is 20.4 Å². The van der Waals surface area contributed by atoms with Gasteiger partial charge in [0.2, 0.25) is 5.95 Å². The molecule has 0 aliphatic rings. The van der Waals surface area contributed by atoms with Crippen LogP contribution < -0.4 is 5.32 Å². The molecule has 136 valence electrons. The smallest absolute Gasteiger partial charge is 0.223 e.